The summed E-state index contributed by atoms with van der Waals surface area (Å²) in [5, 5.41) is 9.27. The summed E-state index contributed by atoms with van der Waals surface area (Å²) < 4.78 is 29.8. The average Bonchev–Trinajstić information content (AvgIpc) is 3.27. The number of sulfonamides is 1. The quantitative estimate of drug-likeness (QED) is 0.320. The Bertz CT molecular complexity index is 1210. The van der Waals surface area contributed by atoms with Crippen molar-refractivity contribution in [2.24, 2.45) is 57.2 Å². The van der Waals surface area contributed by atoms with Gasteiger partial charge >= 0.3 is 5.97 Å². The van der Waals surface area contributed by atoms with Crippen molar-refractivity contribution < 1.29 is 18.3 Å². The molecule has 0 heterocycles. The third-order valence-electron chi connectivity index (χ3n) is 13.3. The molecule has 0 spiro atoms. The second-order valence-corrected chi connectivity index (χ2v) is 17.7. The monoisotopic (exact) mass is 571 g/mol. The molecule has 0 amide bonds. The highest BCUT2D eigenvalue weighted by atomic mass is 32.2. The maximum absolute atomic E-state index is 13.4. The third-order valence-corrected chi connectivity index (χ3v) is 14.7. The van der Waals surface area contributed by atoms with E-state index in [9.17, 15) is 18.3 Å². The van der Waals surface area contributed by atoms with Crippen molar-refractivity contribution >= 4 is 16.0 Å². The number of carboxylic acid groups (broad SMARTS) is 1. The van der Waals surface area contributed by atoms with E-state index in [1.54, 1.807) is 6.08 Å². The van der Waals surface area contributed by atoms with Crippen LogP contribution in [0.25, 0.3) is 0 Å². The Morgan fingerprint density at radius 3 is 2.40 bits per heavy atom. The maximum atomic E-state index is 13.4. The molecule has 5 rings (SSSR count). The fraction of sp³-hybridized carbons (Fsp3) is 0.794. The lowest BCUT2D eigenvalue weighted by molar-refractivity contribution is -0.185. The number of hydrogen-bond acceptors (Lipinski definition) is 3. The van der Waals surface area contributed by atoms with Crippen LogP contribution >= 0.6 is 0 Å². The van der Waals surface area contributed by atoms with E-state index in [1.807, 2.05) is 0 Å². The van der Waals surface area contributed by atoms with E-state index >= 15 is 0 Å². The van der Waals surface area contributed by atoms with Gasteiger partial charge in [-0.3, -0.25) is 4.79 Å². The molecule has 9 atom stereocenters. The lowest BCUT2D eigenvalue weighted by Gasteiger charge is -2.68. The van der Waals surface area contributed by atoms with Crippen LogP contribution in [0.3, 0.4) is 0 Å². The molecule has 2 unspecified atom stereocenters. The molecule has 5 aliphatic rings. The molecule has 40 heavy (non-hydrogen) atoms. The molecule has 0 saturated heterocycles. The fourth-order valence-corrected chi connectivity index (χ4v) is 11.6. The van der Waals surface area contributed by atoms with E-state index < -0.39 is 21.9 Å². The number of rotatable bonds is 6. The summed E-state index contributed by atoms with van der Waals surface area (Å²) in [5.41, 5.74) is 2.19. The van der Waals surface area contributed by atoms with Gasteiger partial charge in [-0.05, 0) is 128 Å². The molecule has 0 radical (unpaired) electrons. The van der Waals surface area contributed by atoms with Gasteiger partial charge in [0.2, 0.25) is 10.0 Å². The molecular weight excluding hydrogens is 518 g/mol. The Morgan fingerprint density at radius 1 is 1.07 bits per heavy atom. The highest BCUT2D eigenvalue weighted by Gasteiger charge is 2.66. The Balaban J connectivity index is 1.40. The molecule has 6 heteroatoms. The zero-order valence-corrected chi connectivity index (χ0v) is 26.6. The number of nitrogens with one attached hydrogen (secondary N) is 1. The van der Waals surface area contributed by atoms with Crippen molar-refractivity contribution in [3.8, 4) is 0 Å². The minimum absolute atomic E-state index is 0.0464. The Hall–Kier alpha value is -1.40. The van der Waals surface area contributed by atoms with Crippen molar-refractivity contribution in [1.29, 1.82) is 0 Å². The first-order valence-corrected chi connectivity index (χ1v) is 17.3. The molecule has 224 valence electrons. The summed E-state index contributed by atoms with van der Waals surface area (Å²) in [4.78, 5) is 11.5. The van der Waals surface area contributed by atoms with Crippen LogP contribution in [0.4, 0.5) is 0 Å². The minimum atomic E-state index is -3.70. The lowest BCUT2D eigenvalue weighted by atomic mass is 9.37. The summed E-state index contributed by atoms with van der Waals surface area (Å²) >= 11 is 0. The summed E-state index contributed by atoms with van der Waals surface area (Å²) in [5.74, 6) is 1.50. The van der Waals surface area contributed by atoms with E-state index in [0.29, 0.717) is 35.1 Å². The summed E-state index contributed by atoms with van der Waals surface area (Å²) in [6.45, 7) is 19.6. The number of aliphatic carboxylic acids is 1. The SMILES string of the molecule is C=C(C)[C@@H]1CC[C@]2(CNS(=O)(=O)C3=CCC(C(=O)O)C=C3)CC[C@]3(C)[C@H](CC[C@@H]4CC(C(C)(C)C)CC[C@]43C)[C@@H]12. The van der Waals surface area contributed by atoms with Gasteiger partial charge in [0.1, 0.15) is 0 Å². The second-order valence-electron chi connectivity index (χ2n) is 15.9. The van der Waals surface area contributed by atoms with E-state index in [0.717, 1.165) is 31.1 Å². The van der Waals surface area contributed by atoms with Crippen LogP contribution in [0.1, 0.15) is 106 Å². The molecule has 4 fully saturated rings. The number of carbonyl (C=O) groups is 1. The average molecular weight is 572 g/mol. The predicted octanol–water partition coefficient (Wildman–Crippen LogP) is 7.72. The molecule has 4 saturated carbocycles. The molecule has 0 aromatic carbocycles. The van der Waals surface area contributed by atoms with Crippen molar-refractivity contribution in [3.63, 3.8) is 0 Å². The van der Waals surface area contributed by atoms with Crippen LogP contribution in [0.2, 0.25) is 0 Å². The van der Waals surface area contributed by atoms with E-state index in [4.69, 9.17) is 0 Å². The van der Waals surface area contributed by atoms with Crippen LogP contribution in [-0.4, -0.2) is 26.0 Å². The highest BCUT2D eigenvalue weighted by Crippen LogP contribution is 2.73. The third kappa shape index (κ3) is 4.77. The Labute approximate surface area is 243 Å². The van der Waals surface area contributed by atoms with E-state index in [-0.39, 0.29) is 22.2 Å². The zero-order valence-electron chi connectivity index (χ0n) is 25.8. The number of carboxylic acids is 1. The van der Waals surface area contributed by atoms with Crippen LogP contribution in [0, 0.1) is 57.2 Å². The Kier molecular flexibility index (Phi) is 7.60. The lowest BCUT2D eigenvalue weighted by Crippen LogP contribution is -2.61. The van der Waals surface area contributed by atoms with Crippen LogP contribution in [0.5, 0.6) is 0 Å². The molecule has 0 aromatic rings. The van der Waals surface area contributed by atoms with E-state index in [2.05, 4.69) is 52.8 Å². The first-order valence-electron chi connectivity index (χ1n) is 15.8. The van der Waals surface area contributed by atoms with Crippen molar-refractivity contribution in [2.45, 2.75) is 106 Å². The molecule has 5 aliphatic carbocycles. The van der Waals surface area contributed by atoms with Crippen LogP contribution in [0.15, 0.2) is 35.3 Å². The number of allylic oxidation sites excluding steroid dienone is 3. The van der Waals surface area contributed by atoms with Gasteiger partial charge in [0, 0.05) is 6.54 Å². The molecule has 2 N–H and O–H groups in total. The zero-order chi connectivity index (χ0) is 29.3. The minimum Gasteiger partial charge on any atom is -0.481 e. The molecular formula is C34H53NO4S. The predicted molar refractivity (Wildman–Crippen MR) is 162 cm³/mol. The molecule has 0 aliphatic heterocycles. The van der Waals surface area contributed by atoms with Gasteiger partial charge in [-0.2, -0.15) is 0 Å². The largest absolute Gasteiger partial charge is 0.481 e. The summed E-state index contributed by atoms with van der Waals surface area (Å²) in [6, 6.07) is 0. The second kappa shape index (κ2) is 10.1. The van der Waals surface area contributed by atoms with Gasteiger partial charge in [-0.15, -0.1) is 0 Å². The molecule has 0 aromatic heterocycles. The van der Waals surface area contributed by atoms with Gasteiger partial charge < -0.3 is 5.11 Å². The Morgan fingerprint density at radius 2 is 1.80 bits per heavy atom. The normalized spacial score (nSPS) is 43.3. The molecule has 5 nitrogen and oxygen atoms in total. The van der Waals surface area contributed by atoms with Gasteiger partial charge in [-0.25, -0.2) is 13.1 Å². The van der Waals surface area contributed by atoms with Crippen LogP contribution < -0.4 is 4.72 Å². The summed E-state index contributed by atoms with van der Waals surface area (Å²) in [7, 11) is -3.70. The summed E-state index contributed by atoms with van der Waals surface area (Å²) in [6.07, 6.45) is 15.7. The number of fused-ring (bicyclic) bond motifs is 5. The first kappa shape index (κ1) is 30.1. The van der Waals surface area contributed by atoms with Crippen LogP contribution in [-0.2, 0) is 14.8 Å². The standard InChI is InChI=1S/C34H53NO4S/c1-22(2)27-15-17-34(21-35-40(38,39)26-11-8-23(9-12-26)30(36)37)19-18-33(7)28(29(27)34)13-10-25-20-24(31(3,4)5)14-16-32(25,33)6/h8,11-12,23-25,27-29,35H,1,9-10,13-21H2,2-7H3,(H,36,37)/t23?,24?,25-,27+,28-,29-,32-,33-,34-/m1/s1. The fourth-order valence-electron chi connectivity index (χ4n) is 10.4. The van der Waals surface area contributed by atoms with Crippen molar-refractivity contribution in [3.05, 3.63) is 35.3 Å². The van der Waals surface area contributed by atoms with Gasteiger partial charge in [0.05, 0.1) is 10.8 Å². The van der Waals surface area contributed by atoms with Gasteiger partial charge in [0.25, 0.3) is 0 Å². The topological polar surface area (TPSA) is 83.5 Å². The van der Waals surface area contributed by atoms with E-state index in [1.165, 1.54) is 56.3 Å². The van der Waals surface area contributed by atoms with Crippen molar-refractivity contribution in [1.82, 2.24) is 4.72 Å². The van der Waals surface area contributed by atoms with Gasteiger partial charge in [0.15, 0.2) is 0 Å². The first-order chi connectivity index (χ1) is 18.5. The highest BCUT2D eigenvalue weighted by molar-refractivity contribution is 7.93. The molecule has 0 bridgehead atoms. The van der Waals surface area contributed by atoms with Gasteiger partial charge in [-0.1, -0.05) is 58.9 Å². The number of hydrogen-bond donors (Lipinski definition) is 2. The smallest absolute Gasteiger partial charge is 0.310 e. The maximum Gasteiger partial charge on any atom is 0.310 e. The van der Waals surface area contributed by atoms with Crippen molar-refractivity contribution in [2.75, 3.05) is 6.54 Å².